The molecule has 2 rings (SSSR count). The number of aryl methyl sites for hydroxylation is 1. The monoisotopic (exact) mass is 261 g/mol. The predicted octanol–water partition coefficient (Wildman–Crippen LogP) is 1.52. The van der Waals surface area contributed by atoms with Crippen molar-refractivity contribution in [3.8, 4) is 0 Å². The van der Waals surface area contributed by atoms with Crippen molar-refractivity contribution in [1.29, 1.82) is 0 Å². The Morgan fingerprint density at radius 2 is 2.16 bits per heavy atom. The maximum absolute atomic E-state index is 12.1. The van der Waals surface area contributed by atoms with Crippen LogP contribution in [0.4, 0.5) is 5.69 Å². The van der Waals surface area contributed by atoms with Crippen LogP contribution < -0.4 is 11.1 Å². The highest BCUT2D eigenvalue weighted by molar-refractivity contribution is 5.93. The fraction of sp³-hybridized carbons (Fsp3) is 0.533. The number of nitrogens with two attached hydrogens (primary N) is 1. The van der Waals surface area contributed by atoms with Crippen LogP contribution in [-0.2, 0) is 4.79 Å². The molecule has 1 aliphatic heterocycles. The molecule has 4 nitrogen and oxygen atoms in total. The molecule has 0 radical (unpaired) electrons. The third-order valence-corrected chi connectivity index (χ3v) is 3.99. The van der Waals surface area contributed by atoms with Gasteiger partial charge >= 0.3 is 0 Å². The molecule has 0 spiro atoms. The van der Waals surface area contributed by atoms with Gasteiger partial charge in [-0.25, -0.2) is 0 Å². The van der Waals surface area contributed by atoms with Gasteiger partial charge in [-0.3, -0.25) is 9.69 Å². The van der Waals surface area contributed by atoms with Gasteiger partial charge in [0.1, 0.15) is 0 Å². The molecule has 0 bridgehead atoms. The predicted molar refractivity (Wildman–Crippen MR) is 78.1 cm³/mol. The summed E-state index contributed by atoms with van der Waals surface area (Å²) in [5.41, 5.74) is 9.19. The molecule has 19 heavy (non-hydrogen) atoms. The van der Waals surface area contributed by atoms with Gasteiger partial charge in [-0.15, -0.1) is 0 Å². The third kappa shape index (κ3) is 3.33. The molecule has 1 fully saturated rings. The van der Waals surface area contributed by atoms with Crippen LogP contribution >= 0.6 is 0 Å². The highest BCUT2D eigenvalue weighted by Gasteiger charge is 2.27. The lowest BCUT2D eigenvalue weighted by atomic mass is 10.1. The highest BCUT2D eigenvalue weighted by atomic mass is 16.2. The van der Waals surface area contributed by atoms with Gasteiger partial charge in [-0.1, -0.05) is 19.1 Å². The first kappa shape index (κ1) is 14.0. The van der Waals surface area contributed by atoms with E-state index in [1.165, 1.54) is 5.56 Å². The summed E-state index contributed by atoms with van der Waals surface area (Å²) in [7, 11) is 0. The first-order chi connectivity index (χ1) is 8.97. The molecule has 1 aliphatic rings. The summed E-state index contributed by atoms with van der Waals surface area (Å²) in [4.78, 5) is 14.2. The Bertz CT molecular complexity index is 462. The molecular weight excluding hydrogens is 238 g/mol. The van der Waals surface area contributed by atoms with Crippen molar-refractivity contribution in [2.24, 2.45) is 11.7 Å². The molecule has 1 heterocycles. The molecule has 0 aliphatic carbocycles. The van der Waals surface area contributed by atoms with Gasteiger partial charge in [0.05, 0.1) is 6.54 Å². The molecule has 1 amide bonds. The maximum atomic E-state index is 12.1. The molecule has 1 aromatic rings. The van der Waals surface area contributed by atoms with Crippen LogP contribution in [-0.4, -0.2) is 36.5 Å². The molecule has 2 unspecified atom stereocenters. The van der Waals surface area contributed by atoms with Gasteiger partial charge in [-0.2, -0.15) is 0 Å². The second-order valence-corrected chi connectivity index (χ2v) is 5.63. The first-order valence-corrected chi connectivity index (χ1v) is 6.81. The Balaban J connectivity index is 1.93. The second kappa shape index (κ2) is 5.72. The SMILES string of the molecule is Cc1cccc(NC(=O)CN2CC(C)C(N)C2)c1C. The lowest BCUT2D eigenvalue weighted by Crippen LogP contribution is -2.33. The van der Waals surface area contributed by atoms with E-state index in [0.29, 0.717) is 12.5 Å². The highest BCUT2D eigenvalue weighted by Crippen LogP contribution is 2.18. The molecule has 0 aromatic heterocycles. The van der Waals surface area contributed by atoms with Gasteiger partial charge in [0.2, 0.25) is 5.91 Å². The Morgan fingerprint density at radius 3 is 2.79 bits per heavy atom. The topological polar surface area (TPSA) is 58.4 Å². The lowest BCUT2D eigenvalue weighted by Gasteiger charge is -2.16. The smallest absolute Gasteiger partial charge is 0.238 e. The number of hydrogen-bond acceptors (Lipinski definition) is 3. The average molecular weight is 261 g/mol. The lowest BCUT2D eigenvalue weighted by molar-refractivity contribution is -0.117. The summed E-state index contributed by atoms with van der Waals surface area (Å²) < 4.78 is 0. The number of carbonyl (C=O) groups is 1. The van der Waals surface area contributed by atoms with Crippen LogP contribution in [0.25, 0.3) is 0 Å². The third-order valence-electron chi connectivity index (χ3n) is 3.99. The molecule has 2 atom stereocenters. The summed E-state index contributed by atoms with van der Waals surface area (Å²) in [6.45, 7) is 8.34. The second-order valence-electron chi connectivity index (χ2n) is 5.63. The zero-order chi connectivity index (χ0) is 14.0. The number of anilines is 1. The quantitative estimate of drug-likeness (QED) is 0.867. The van der Waals surface area contributed by atoms with E-state index >= 15 is 0 Å². The number of nitrogens with zero attached hydrogens (tertiary/aromatic N) is 1. The number of likely N-dealkylation sites (tertiary alicyclic amines) is 1. The Hall–Kier alpha value is -1.39. The van der Waals surface area contributed by atoms with E-state index in [1.807, 2.05) is 32.0 Å². The zero-order valence-corrected chi connectivity index (χ0v) is 11.9. The van der Waals surface area contributed by atoms with Gasteiger partial charge in [0, 0.05) is 24.8 Å². The summed E-state index contributed by atoms with van der Waals surface area (Å²) >= 11 is 0. The van der Waals surface area contributed by atoms with E-state index < -0.39 is 0 Å². The molecular formula is C15H23N3O. The minimum absolute atomic E-state index is 0.0370. The van der Waals surface area contributed by atoms with Crippen LogP contribution in [0.15, 0.2) is 18.2 Å². The largest absolute Gasteiger partial charge is 0.326 e. The Kier molecular flexibility index (Phi) is 4.22. The van der Waals surface area contributed by atoms with Crippen molar-refractivity contribution in [3.63, 3.8) is 0 Å². The molecule has 1 aromatic carbocycles. The van der Waals surface area contributed by atoms with Crippen molar-refractivity contribution >= 4 is 11.6 Å². The summed E-state index contributed by atoms with van der Waals surface area (Å²) in [6.07, 6.45) is 0. The molecule has 1 saturated heterocycles. The Labute approximate surface area is 115 Å². The van der Waals surface area contributed by atoms with Crippen molar-refractivity contribution < 1.29 is 4.79 Å². The number of benzene rings is 1. The van der Waals surface area contributed by atoms with E-state index in [-0.39, 0.29) is 11.9 Å². The van der Waals surface area contributed by atoms with Gasteiger partial charge in [-0.05, 0) is 37.0 Å². The Morgan fingerprint density at radius 1 is 1.42 bits per heavy atom. The fourth-order valence-electron chi connectivity index (χ4n) is 2.50. The summed E-state index contributed by atoms with van der Waals surface area (Å²) in [6, 6.07) is 6.14. The molecule has 3 N–H and O–H groups in total. The van der Waals surface area contributed by atoms with Gasteiger partial charge in [0.15, 0.2) is 0 Å². The van der Waals surface area contributed by atoms with Gasteiger partial charge < -0.3 is 11.1 Å². The number of amides is 1. The minimum Gasteiger partial charge on any atom is -0.326 e. The van der Waals surface area contributed by atoms with Crippen molar-refractivity contribution in [3.05, 3.63) is 29.3 Å². The van der Waals surface area contributed by atoms with E-state index in [9.17, 15) is 4.79 Å². The number of carbonyl (C=O) groups excluding carboxylic acids is 1. The normalized spacial score (nSPS) is 23.6. The van der Waals surface area contributed by atoms with Crippen LogP contribution in [0.5, 0.6) is 0 Å². The minimum atomic E-state index is 0.0370. The summed E-state index contributed by atoms with van der Waals surface area (Å²) in [5, 5.41) is 2.99. The maximum Gasteiger partial charge on any atom is 0.238 e. The standard InChI is InChI=1S/C15H23N3O/c1-10-5-4-6-14(12(10)3)17-15(19)9-18-7-11(2)13(16)8-18/h4-6,11,13H,7-9,16H2,1-3H3,(H,17,19). The van der Waals surface area contributed by atoms with Gasteiger partial charge in [0.25, 0.3) is 0 Å². The fourth-order valence-corrected chi connectivity index (χ4v) is 2.50. The van der Waals surface area contributed by atoms with Crippen LogP contribution in [0.3, 0.4) is 0 Å². The molecule has 4 heteroatoms. The van der Waals surface area contributed by atoms with E-state index in [0.717, 1.165) is 24.3 Å². The number of hydrogen-bond donors (Lipinski definition) is 2. The number of rotatable bonds is 3. The van der Waals surface area contributed by atoms with Crippen LogP contribution in [0, 0.1) is 19.8 Å². The molecule has 0 saturated carbocycles. The zero-order valence-electron chi connectivity index (χ0n) is 11.9. The van der Waals surface area contributed by atoms with E-state index in [1.54, 1.807) is 0 Å². The summed E-state index contributed by atoms with van der Waals surface area (Å²) in [5.74, 6) is 0.503. The van der Waals surface area contributed by atoms with Crippen LogP contribution in [0.1, 0.15) is 18.1 Å². The van der Waals surface area contributed by atoms with Crippen molar-refractivity contribution in [1.82, 2.24) is 4.90 Å². The van der Waals surface area contributed by atoms with E-state index in [4.69, 9.17) is 5.73 Å². The first-order valence-electron chi connectivity index (χ1n) is 6.81. The van der Waals surface area contributed by atoms with Crippen LogP contribution in [0.2, 0.25) is 0 Å². The average Bonchev–Trinajstić information content (AvgIpc) is 2.64. The molecule has 104 valence electrons. The van der Waals surface area contributed by atoms with Crippen molar-refractivity contribution in [2.45, 2.75) is 26.8 Å². The van der Waals surface area contributed by atoms with E-state index in [2.05, 4.69) is 17.1 Å². The number of nitrogens with one attached hydrogen (secondary N) is 1. The van der Waals surface area contributed by atoms with Crippen molar-refractivity contribution in [2.75, 3.05) is 25.0 Å².